The molecule has 0 amide bonds. The number of alkyl halides is 1. The quantitative estimate of drug-likeness (QED) is 0.403. The highest BCUT2D eigenvalue weighted by Gasteiger charge is 2.17. The van der Waals surface area contributed by atoms with Gasteiger partial charge in [0.15, 0.2) is 5.78 Å². The summed E-state index contributed by atoms with van der Waals surface area (Å²) in [5, 5.41) is 0.667. The number of carbonyl (C=O) groups is 1. The van der Waals surface area contributed by atoms with Gasteiger partial charge in [-0.05, 0) is 49.1 Å². The molecule has 0 heterocycles. The van der Waals surface area contributed by atoms with Gasteiger partial charge in [-0.2, -0.15) is 0 Å². The maximum Gasteiger partial charge on any atom is 0.158 e. The Morgan fingerprint density at radius 1 is 1.29 bits per heavy atom. The van der Waals surface area contributed by atoms with Crippen LogP contribution in [0.4, 0.5) is 5.69 Å². The van der Waals surface area contributed by atoms with E-state index in [0.29, 0.717) is 11.8 Å². The van der Waals surface area contributed by atoms with Crippen LogP contribution in [0.25, 0.3) is 0 Å². The van der Waals surface area contributed by atoms with E-state index in [4.69, 9.17) is 10.5 Å². The first-order chi connectivity index (χ1) is 9.99. The summed E-state index contributed by atoms with van der Waals surface area (Å²) in [6.07, 6.45) is 3.69. The number of aryl methyl sites for hydroxylation is 2. The van der Waals surface area contributed by atoms with Gasteiger partial charge in [-0.3, -0.25) is 4.79 Å². The van der Waals surface area contributed by atoms with E-state index in [9.17, 15) is 4.79 Å². The highest BCUT2D eigenvalue weighted by molar-refractivity contribution is 9.09. The van der Waals surface area contributed by atoms with E-state index in [0.717, 1.165) is 41.6 Å². The van der Waals surface area contributed by atoms with Crippen LogP contribution in [0.1, 0.15) is 55.4 Å². The first-order valence-corrected chi connectivity index (χ1v) is 8.67. The standard InChI is InChI=1S/C17H26BrNO2/c1-4-5-6-7-15(20)11-21-16(10-18)17-12(2)8-14(19)9-13(17)3/h8-9,16H,4-7,10-11,19H2,1-3H3. The summed E-state index contributed by atoms with van der Waals surface area (Å²) >= 11 is 3.49. The van der Waals surface area contributed by atoms with Gasteiger partial charge in [0.05, 0.1) is 6.10 Å². The third-order valence-electron chi connectivity index (χ3n) is 3.58. The predicted molar refractivity (Wildman–Crippen MR) is 92.0 cm³/mol. The summed E-state index contributed by atoms with van der Waals surface area (Å²) in [6.45, 7) is 6.37. The minimum Gasteiger partial charge on any atom is -0.399 e. The Hall–Kier alpha value is -0.870. The van der Waals surface area contributed by atoms with Crippen molar-refractivity contribution in [3.8, 4) is 0 Å². The number of unbranched alkanes of at least 4 members (excludes halogenated alkanes) is 2. The number of nitrogens with two attached hydrogens (primary N) is 1. The normalized spacial score (nSPS) is 12.4. The molecule has 4 heteroatoms. The number of rotatable bonds is 9. The highest BCUT2D eigenvalue weighted by Crippen LogP contribution is 2.28. The molecule has 0 aromatic heterocycles. The Bertz CT molecular complexity index is 451. The number of halogens is 1. The van der Waals surface area contributed by atoms with Gasteiger partial charge in [0.2, 0.25) is 0 Å². The molecule has 118 valence electrons. The summed E-state index contributed by atoms with van der Waals surface area (Å²) in [6, 6.07) is 3.90. The van der Waals surface area contributed by atoms with Crippen LogP contribution >= 0.6 is 15.9 Å². The van der Waals surface area contributed by atoms with Crippen LogP contribution < -0.4 is 5.73 Å². The maximum absolute atomic E-state index is 11.8. The predicted octanol–water partition coefficient (Wildman–Crippen LogP) is 4.49. The van der Waals surface area contributed by atoms with E-state index < -0.39 is 0 Å². The van der Waals surface area contributed by atoms with Gasteiger partial charge >= 0.3 is 0 Å². The fourth-order valence-electron chi connectivity index (χ4n) is 2.56. The Morgan fingerprint density at radius 2 is 1.90 bits per heavy atom. The summed E-state index contributed by atoms with van der Waals surface area (Å²) in [5.41, 5.74) is 9.96. The van der Waals surface area contributed by atoms with Gasteiger partial charge in [0, 0.05) is 17.4 Å². The van der Waals surface area contributed by atoms with Gasteiger partial charge in [-0.25, -0.2) is 0 Å². The van der Waals surface area contributed by atoms with Crippen molar-refractivity contribution in [2.45, 2.75) is 52.6 Å². The van der Waals surface area contributed by atoms with Gasteiger partial charge in [0.1, 0.15) is 6.61 Å². The molecule has 0 spiro atoms. The van der Waals surface area contributed by atoms with E-state index in [1.807, 2.05) is 26.0 Å². The molecular weight excluding hydrogens is 330 g/mol. The smallest absolute Gasteiger partial charge is 0.158 e. The van der Waals surface area contributed by atoms with Gasteiger partial charge in [-0.15, -0.1) is 0 Å². The number of anilines is 1. The zero-order valence-electron chi connectivity index (χ0n) is 13.2. The number of carbonyl (C=O) groups excluding carboxylic acids is 1. The lowest BCUT2D eigenvalue weighted by Gasteiger charge is -2.20. The maximum atomic E-state index is 11.8. The molecule has 0 bridgehead atoms. The number of hydrogen-bond donors (Lipinski definition) is 1. The lowest BCUT2D eigenvalue weighted by atomic mass is 9.98. The van der Waals surface area contributed by atoms with E-state index in [1.54, 1.807) is 0 Å². The van der Waals surface area contributed by atoms with E-state index in [2.05, 4.69) is 22.9 Å². The van der Waals surface area contributed by atoms with Crippen molar-refractivity contribution in [3.63, 3.8) is 0 Å². The second-order valence-corrected chi connectivity index (χ2v) is 6.17. The molecule has 1 aromatic carbocycles. The minimum atomic E-state index is -0.110. The average Bonchev–Trinajstić information content (AvgIpc) is 2.41. The van der Waals surface area contributed by atoms with Crippen LogP contribution in [0, 0.1) is 13.8 Å². The molecule has 0 saturated carbocycles. The molecule has 21 heavy (non-hydrogen) atoms. The Balaban J connectivity index is 2.65. The molecule has 0 aliphatic heterocycles. The lowest BCUT2D eigenvalue weighted by molar-refractivity contribution is -0.125. The first kappa shape index (κ1) is 18.2. The van der Waals surface area contributed by atoms with Gasteiger partial charge < -0.3 is 10.5 Å². The van der Waals surface area contributed by atoms with Crippen LogP contribution in [0.2, 0.25) is 0 Å². The Kier molecular flexibility index (Phi) is 7.97. The molecular formula is C17H26BrNO2. The average molecular weight is 356 g/mol. The van der Waals surface area contributed by atoms with Gasteiger partial charge in [0.25, 0.3) is 0 Å². The SMILES string of the molecule is CCCCCC(=O)COC(CBr)c1c(C)cc(N)cc1C. The van der Waals surface area contributed by atoms with Crippen molar-refractivity contribution in [1.29, 1.82) is 0 Å². The topological polar surface area (TPSA) is 52.3 Å². The summed E-state index contributed by atoms with van der Waals surface area (Å²) in [4.78, 5) is 11.8. The van der Waals surface area contributed by atoms with Crippen LogP contribution in [0.15, 0.2) is 12.1 Å². The number of ketones is 1. The molecule has 0 aliphatic rings. The molecule has 1 unspecified atom stereocenters. The zero-order valence-corrected chi connectivity index (χ0v) is 14.8. The van der Waals surface area contributed by atoms with Crippen LogP contribution in [-0.4, -0.2) is 17.7 Å². The molecule has 2 N–H and O–H groups in total. The fraction of sp³-hybridized carbons (Fsp3) is 0.588. The van der Waals surface area contributed by atoms with Crippen molar-refractivity contribution >= 4 is 27.4 Å². The number of Topliss-reactive ketones (excluding diaryl/α,β-unsaturated/α-hetero) is 1. The number of hydrogen-bond acceptors (Lipinski definition) is 3. The van der Waals surface area contributed by atoms with E-state index in [-0.39, 0.29) is 18.5 Å². The van der Waals surface area contributed by atoms with Crippen LogP contribution in [0.5, 0.6) is 0 Å². The van der Waals surface area contributed by atoms with Crippen molar-refractivity contribution in [3.05, 3.63) is 28.8 Å². The molecule has 1 aromatic rings. The lowest BCUT2D eigenvalue weighted by Crippen LogP contribution is -2.16. The summed E-state index contributed by atoms with van der Waals surface area (Å²) in [7, 11) is 0. The van der Waals surface area contributed by atoms with Crippen molar-refractivity contribution < 1.29 is 9.53 Å². The Labute approximate surface area is 136 Å². The molecule has 3 nitrogen and oxygen atoms in total. The van der Waals surface area contributed by atoms with Crippen LogP contribution in [0.3, 0.4) is 0 Å². The summed E-state index contributed by atoms with van der Waals surface area (Å²) in [5.74, 6) is 0.181. The van der Waals surface area contributed by atoms with E-state index in [1.165, 1.54) is 0 Å². The van der Waals surface area contributed by atoms with Crippen molar-refractivity contribution in [2.24, 2.45) is 0 Å². The summed E-state index contributed by atoms with van der Waals surface area (Å²) < 4.78 is 5.83. The number of ether oxygens (including phenoxy) is 1. The van der Waals surface area contributed by atoms with Gasteiger partial charge in [-0.1, -0.05) is 35.7 Å². The Morgan fingerprint density at radius 3 is 2.43 bits per heavy atom. The fourth-order valence-corrected chi connectivity index (χ4v) is 3.07. The zero-order chi connectivity index (χ0) is 15.8. The molecule has 1 atom stereocenters. The van der Waals surface area contributed by atoms with Crippen LogP contribution in [-0.2, 0) is 9.53 Å². The number of nitrogen functional groups attached to an aromatic ring is 1. The van der Waals surface area contributed by atoms with Crippen molar-refractivity contribution in [1.82, 2.24) is 0 Å². The highest BCUT2D eigenvalue weighted by atomic mass is 79.9. The van der Waals surface area contributed by atoms with E-state index >= 15 is 0 Å². The third kappa shape index (κ3) is 5.79. The second kappa shape index (κ2) is 9.21. The largest absolute Gasteiger partial charge is 0.399 e. The number of benzene rings is 1. The molecule has 1 rings (SSSR count). The monoisotopic (exact) mass is 355 g/mol. The minimum absolute atomic E-state index is 0.110. The first-order valence-electron chi connectivity index (χ1n) is 7.55. The van der Waals surface area contributed by atoms with Crippen molar-refractivity contribution in [2.75, 3.05) is 17.7 Å². The third-order valence-corrected chi connectivity index (χ3v) is 4.17. The second-order valence-electron chi connectivity index (χ2n) is 5.52. The molecule has 0 aliphatic carbocycles. The molecule has 0 saturated heterocycles. The molecule has 0 radical (unpaired) electrons. The molecule has 0 fully saturated rings.